The van der Waals surface area contributed by atoms with Gasteiger partial charge in [0.25, 0.3) is 5.91 Å². The van der Waals surface area contributed by atoms with E-state index in [0.717, 1.165) is 12.8 Å². The summed E-state index contributed by atoms with van der Waals surface area (Å²) < 4.78 is 0. The number of carbonyl (C=O) groups is 3. The molecule has 0 aromatic rings. The fourth-order valence-corrected chi connectivity index (χ4v) is 1.53. The van der Waals surface area contributed by atoms with Crippen LogP contribution in [0.5, 0.6) is 0 Å². The number of aliphatic imine (C=N–C) groups is 1. The van der Waals surface area contributed by atoms with Crippen LogP contribution in [0.1, 0.15) is 32.1 Å². The normalized spacial score (nSPS) is 17.3. The van der Waals surface area contributed by atoms with Crippen LogP contribution >= 0.6 is 0 Å². The highest BCUT2D eigenvalue weighted by molar-refractivity contribution is 6.69. The van der Waals surface area contributed by atoms with Gasteiger partial charge in [-0.3, -0.25) is 30.6 Å². The standard InChI is InChI=1S/C11H16N4O4/c12-8-9(14-11(19)15-10(8)18)13-6-4-2-1-3-5-7(16)17/h12H,1-6H2,(H,16,17)(H2,13,14,15,18,19). The Bertz CT molecular complexity index is 430. The highest BCUT2D eigenvalue weighted by Crippen LogP contribution is 2.03. The Morgan fingerprint density at radius 2 is 1.84 bits per heavy atom. The molecule has 4 N–H and O–H groups in total. The SMILES string of the molecule is N=C1C(=O)NC(=O)NC1=NCCCCCCC(=O)O. The molecule has 3 amide bonds. The van der Waals surface area contributed by atoms with Crippen molar-refractivity contribution in [1.29, 1.82) is 5.41 Å². The zero-order valence-corrected chi connectivity index (χ0v) is 10.4. The summed E-state index contributed by atoms with van der Waals surface area (Å²) in [5.41, 5.74) is -0.356. The van der Waals surface area contributed by atoms with Crippen molar-refractivity contribution < 1.29 is 19.5 Å². The second-order valence-electron chi connectivity index (χ2n) is 4.07. The third-order valence-corrected chi connectivity index (χ3v) is 2.49. The maximum atomic E-state index is 11.1. The van der Waals surface area contributed by atoms with Gasteiger partial charge in [0, 0.05) is 13.0 Å². The largest absolute Gasteiger partial charge is 0.481 e. The lowest BCUT2D eigenvalue weighted by Gasteiger charge is -2.15. The molecule has 1 aliphatic heterocycles. The molecule has 1 fully saturated rings. The van der Waals surface area contributed by atoms with E-state index in [1.807, 2.05) is 5.32 Å². The Labute approximate surface area is 109 Å². The van der Waals surface area contributed by atoms with Crippen molar-refractivity contribution in [2.75, 3.05) is 6.54 Å². The van der Waals surface area contributed by atoms with E-state index in [2.05, 4.69) is 10.3 Å². The predicted octanol–water partition coefficient (Wildman–Crippen LogP) is 0.279. The number of nitrogens with one attached hydrogen (secondary N) is 3. The summed E-state index contributed by atoms with van der Waals surface area (Å²) in [7, 11) is 0. The molecule has 0 aliphatic carbocycles. The molecule has 0 aromatic heterocycles. The summed E-state index contributed by atoms with van der Waals surface area (Å²) in [4.78, 5) is 36.4. The molecule has 0 saturated carbocycles. The number of hydrogen-bond donors (Lipinski definition) is 4. The molecule has 0 unspecified atom stereocenters. The summed E-state index contributed by atoms with van der Waals surface area (Å²) >= 11 is 0. The maximum Gasteiger partial charge on any atom is 0.327 e. The van der Waals surface area contributed by atoms with Crippen LogP contribution in [-0.2, 0) is 9.59 Å². The molecule has 104 valence electrons. The highest BCUT2D eigenvalue weighted by atomic mass is 16.4. The molecule has 0 aromatic carbocycles. The van der Waals surface area contributed by atoms with Gasteiger partial charge in [-0.25, -0.2) is 4.79 Å². The molecular formula is C11H16N4O4. The first kappa shape index (κ1) is 14.8. The number of hydrogen-bond acceptors (Lipinski definition) is 5. The molecule has 8 nitrogen and oxygen atoms in total. The Kier molecular flexibility index (Phi) is 5.65. The second-order valence-corrected chi connectivity index (χ2v) is 4.07. The average Bonchev–Trinajstić information content (AvgIpc) is 2.33. The lowest BCUT2D eigenvalue weighted by molar-refractivity contribution is -0.137. The van der Waals surface area contributed by atoms with E-state index >= 15 is 0 Å². The van der Waals surface area contributed by atoms with Crippen LogP contribution < -0.4 is 10.6 Å². The predicted molar refractivity (Wildman–Crippen MR) is 67.4 cm³/mol. The average molecular weight is 268 g/mol. The lowest BCUT2D eigenvalue weighted by atomic mass is 10.1. The van der Waals surface area contributed by atoms with Gasteiger partial charge < -0.3 is 5.11 Å². The number of carboxylic acids is 1. The lowest BCUT2D eigenvalue weighted by Crippen LogP contribution is -2.56. The van der Waals surface area contributed by atoms with Gasteiger partial charge in [0.05, 0.1) is 0 Å². The zero-order chi connectivity index (χ0) is 14.3. The first-order chi connectivity index (χ1) is 9.00. The fourth-order valence-electron chi connectivity index (χ4n) is 1.53. The highest BCUT2D eigenvalue weighted by Gasteiger charge is 2.25. The number of urea groups is 1. The number of rotatable bonds is 7. The van der Waals surface area contributed by atoms with Gasteiger partial charge in [0.1, 0.15) is 0 Å². The minimum atomic E-state index is -0.801. The van der Waals surface area contributed by atoms with Gasteiger partial charge in [-0.2, -0.15) is 0 Å². The number of aliphatic carboxylic acids is 1. The molecule has 1 rings (SSSR count). The maximum absolute atomic E-state index is 11.1. The molecular weight excluding hydrogens is 252 g/mol. The molecule has 1 aliphatic rings. The van der Waals surface area contributed by atoms with Crippen molar-refractivity contribution >= 4 is 29.5 Å². The number of carboxylic acid groups (broad SMARTS) is 1. The van der Waals surface area contributed by atoms with E-state index in [-0.39, 0.29) is 18.0 Å². The van der Waals surface area contributed by atoms with E-state index < -0.39 is 17.9 Å². The van der Waals surface area contributed by atoms with Crippen molar-refractivity contribution in [1.82, 2.24) is 10.6 Å². The smallest absolute Gasteiger partial charge is 0.327 e. The van der Waals surface area contributed by atoms with Crippen LogP contribution in [0.2, 0.25) is 0 Å². The van der Waals surface area contributed by atoms with Crippen LogP contribution in [0.25, 0.3) is 0 Å². The van der Waals surface area contributed by atoms with E-state index in [0.29, 0.717) is 19.4 Å². The van der Waals surface area contributed by atoms with Crippen LogP contribution in [0.15, 0.2) is 4.99 Å². The summed E-state index contributed by atoms with van der Waals surface area (Å²) in [6.07, 6.45) is 3.11. The second kappa shape index (κ2) is 7.24. The van der Waals surface area contributed by atoms with Crippen LogP contribution in [0.4, 0.5) is 4.79 Å². The third kappa shape index (κ3) is 5.28. The number of amidine groups is 1. The Hall–Kier alpha value is -2.25. The molecule has 0 atom stereocenters. The Morgan fingerprint density at radius 1 is 1.16 bits per heavy atom. The summed E-state index contributed by atoms with van der Waals surface area (Å²) in [6.45, 7) is 0.387. The van der Waals surface area contributed by atoms with Gasteiger partial charge >= 0.3 is 12.0 Å². The molecule has 1 heterocycles. The van der Waals surface area contributed by atoms with Gasteiger partial charge in [-0.1, -0.05) is 12.8 Å². The van der Waals surface area contributed by atoms with Crippen LogP contribution in [0.3, 0.4) is 0 Å². The van der Waals surface area contributed by atoms with E-state index in [1.165, 1.54) is 0 Å². The molecule has 0 bridgehead atoms. The Balaban J connectivity index is 2.24. The van der Waals surface area contributed by atoms with Crippen LogP contribution in [0, 0.1) is 5.41 Å². The topological polar surface area (TPSA) is 132 Å². The van der Waals surface area contributed by atoms with Gasteiger partial charge in [-0.05, 0) is 12.8 Å². The first-order valence-corrected chi connectivity index (χ1v) is 5.98. The zero-order valence-electron chi connectivity index (χ0n) is 10.4. The third-order valence-electron chi connectivity index (χ3n) is 2.49. The number of amides is 3. The van der Waals surface area contributed by atoms with E-state index in [9.17, 15) is 14.4 Å². The van der Waals surface area contributed by atoms with Gasteiger partial charge in [0.2, 0.25) is 0 Å². The monoisotopic (exact) mass is 268 g/mol. The number of nitrogens with zero attached hydrogens (tertiary/aromatic N) is 1. The number of unbranched alkanes of at least 4 members (excludes halogenated alkanes) is 3. The fraction of sp³-hybridized carbons (Fsp3) is 0.545. The van der Waals surface area contributed by atoms with Gasteiger partial charge in [0.15, 0.2) is 11.5 Å². The van der Waals surface area contributed by atoms with Crippen molar-refractivity contribution in [3.8, 4) is 0 Å². The molecule has 0 spiro atoms. The quantitative estimate of drug-likeness (QED) is 0.493. The molecule has 0 radical (unpaired) electrons. The van der Waals surface area contributed by atoms with E-state index in [4.69, 9.17) is 10.5 Å². The molecule has 1 saturated heterocycles. The summed E-state index contributed by atoms with van der Waals surface area (Å²) in [5, 5.41) is 20.1. The van der Waals surface area contributed by atoms with Crippen molar-refractivity contribution in [2.45, 2.75) is 32.1 Å². The summed E-state index contributed by atoms with van der Waals surface area (Å²) in [6, 6.07) is -0.679. The summed E-state index contributed by atoms with van der Waals surface area (Å²) in [5.74, 6) is -1.58. The van der Waals surface area contributed by atoms with Gasteiger partial charge in [-0.15, -0.1) is 0 Å². The molecule has 19 heavy (non-hydrogen) atoms. The van der Waals surface area contributed by atoms with Crippen molar-refractivity contribution in [2.24, 2.45) is 4.99 Å². The number of carbonyl (C=O) groups excluding carboxylic acids is 2. The van der Waals surface area contributed by atoms with Crippen molar-refractivity contribution in [3.05, 3.63) is 0 Å². The van der Waals surface area contributed by atoms with Crippen molar-refractivity contribution in [3.63, 3.8) is 0 Å². The van der Waals surface area contributed by atoms with E-state index in [1.54, 1.807) is 0 Å². The minimum Gasteiger partial charge on any atom is -0.481 e. The minimum absolute atomic E-state index is 0.0146. The van der Waals surface area contributed by atoms with Crippen LogP contribution in [-0.4, -0.2) is 41.1 Å². The molecule has 8 heteroatoms. The number of imide groups is 1. The first-order valence-electron chi connectivity index (χ1n) is 5.98. The Morgan fingerprint density at radius 3 is 2.53 bits per heavy atom.